The molecule has 2 atom stereocenters. The van der Waals surface area contributed by atoms with E-state index in [2.05, 4.69) is 12.2 Å². The van der Waals surface area contributed by atoms with E-state index >= 15 is 0 Å². The predicted octanol–water partition coefficient (Wildman–Crippen LogP) is 1.79. The van der Waals surface area contributed by atoms with Crippen LogP contribution in [0, 0.1) is 5.92 Å². The van der Waals surface area contributed by atoms with Gasteiger partial charge < -0.3 is 9.64 Å². The van der Waals surface area contributed by atoms with Crippen molar-refractivity contribution in [3.05, 3.63) is 12.2 Å². The summed E-state index contributed by atoms with van der Waals surface area (Å²) >= 11 is 0. The van der Waals surface area contributed by atoms with Crippen LogP contribution < -0.4 is 0 Å². The van der Waals surface area contributed by atoms with E-state index in [1.54, 1.807) is 0 Å². The molecule has 0 radical (unpaired) electrons. The number of fused-ring (bicyclic) bond motifs is 2. The Balaban J connectivity index is 2.02. The van der Waals surface area contributed by atoms with Crippen LogP contribution in [0.1, 0.15) is 19.8 Å². The van der Waals surface area contributed by atoms with Gasteiger partial charge in [0.05, 0.1) is 12.6 Å². The Kier molecular flexibility index (Phi) is 2.25. The van der Waals surface area contributed by atoms with Crippen LogP contribution in [0.4, 0.5) is 4.79 Å². The number of carbonyl (C=O) groups is 1. The summed E-state index contributed by atoms with van der Waals surface area (Å²) in [5.41, 5.74) is 0. The first kappa shape index (κ1) is 8.60. The maximum Gasteiger partial charge on any atom is 0.410 e. The molecule has 0 saturated carbocycles. The molecule has 1 aliphatic carbocycles. The number of hydrogen-bond acceptors (Lipinski definition) is 2. The van der Waals surface area contributed by atoms with Crippen molar-refractivity contribution in [1.29, 1.82) is 0 Å². The lowest BCUT2D eigenvalue weighted by Crippen LogP contribution is -2.48. The highest BCUT2D eigenvalue weighted by atomic mass is 16.6. The summed E-state index contributed by atoms with van der Waals surface area (Å²) in [5, 5.41) is 0. The number of piperidine rings is 1. The van der Waals surface area contributed by atoms with Gasteiger partial charge in [0.15, 0.2) is 0 Å². The smallest absolute Gasteiger partial charge is 0.410 e. The number of carbonyl (C=O) groups excluding carboxylic acids is 1. The minimum atomic E-state index is -0.151. The number of ether oxygens (including phenoxy) is 1. The van der Waals surface area contributed by atoms with Crippen molar-refractivity contribution in [3.63, 3.8) is 0 Å². The molecule has 0 spiro atoms. The molecule has 3 nitrogen and oxygen atoms in total. The van der Waals surface area contributed by atoms with Gasteiger partial charge in [-0.15, -0.1) is 0 Å². The molecule has 2 aliphatic heterocycles. The molecule has 0 aromatic heterocycles. The van der Waals surface area contributed by atoms with Gasteiger partial charge in [0.25, 0.3) is 0 Å². The second-order valence-electron chi connectivity index (χ2n) is 3.64. The molecule has 13 heavy (non-hydrogen) atoms. The van der Waals surface area contributed by atoms with Gasteiger partial charge in [0.2, 0.25) is 0 Å². The van der Waals surface area contributed by atoms with Crippen molar-refractivity contribution in [2.45, 2.75) is 25.8 Å². The summed E-state index contributed by atoms with van der Waals surface area (Å²) in [6.07, 6.45) is 6.52. The Labute approximate surface area is 78.4 Å². The van der Waals surface area contributed by atoms with Gasteiger partial charge in [-0.05, 0) is 25.7 Å². The van der Waals surface area contributed by atoms with E-state index in [4.69, 9.17) is 4.74 Å². The topological polar surface area (TPSA) is 29.5 Å². The molecule has 1 saturated heterocycles. The summed E-state index contributed by atoms with van der Waals surface area (Å²) in [6.45, 7) is 3.16. The predicted molar refractivity (Wildman–Crippen MR) is 49.4 cm³/mol. The first-order valence-electron chi connectivity index (χ1n) is 4.93. The van der Waals surface area contributed by atoms with Crippen LogP contribution in [0.15, 0.2) is 12.2 Å². The molecule has 1 fully saturated rings. The zero-order chi connectivity index (χ0) is 9.26. The van der Waals surface area contributed by atoms with Gasteiger partial charge >= 0.3 is 6.09 Å². The third-order valence-electron chi connectivity index (χ3n) is 2.77. The maximum absolute atomic E-state index is 11.5. The fourth-order valence-electron chi connectivity index (χ4n) is 2.08. The first-order valence-corrected chi connectivity index (χ1v) is 4.93. The number of nitrogens with zero attached hydrogens (tertiary/aromatic N) is 1. The highest BCUT2D eigenvalue weighted by Crippen LogP contribution is 2.29. The Morgan fingerprint density at radius 1 is 1.54 bits per heavy atom. The summed E-state index contributed by atoms with van der Waals surface area (Å²) < 4.78 is 4.99. The molecule has 2 bridgehead atoms. The zero-order valence-electron chi connectivity index (χ0n) is 7.90. The van der Waals surface area contributed by atoms with Crippen LogP contribution in [0.25, 0.3) is 0 Å². The van der Waals surface area contributed by atoms with Crippen LogP contribution in [0.5, 0.6) is 0 Å². The van der Waals surface area contributed by atoms with E-state index in [1.165, 1.54) is 6.42 Å². The summed E-state index contributed by atoms with van der Waals surface area (Å²) in [7, 11) is 0. The van der Waals surface area contributed by atoms with Gasteiger partial charge in [-0.1, -0.05) is 12.2 Å². The van der Waals surface area contributed by atoms with E-state index in [0.717, 1.165) is 13.0 Å². The lowest BCUT2D eigenvalue weighted by molar-refractivity contribution is 0.0740. The summed E-state index contributed by atoms with van der Waals surface area (Å²) in [5.74, 6) is 0.564. The van der Waals surface area contributed by atoms with E-state index in [-0.39, 0.29) is 6.09 Å². The maximum atomic E-state index is 11.5. The molecule has 3 rings (SSSR count). The standard InChI is InChI=1S/C10H15NO2/c1-2-13-10(12)11-7-8-3-5-9(11)6-4-8/h3,5,8-9H,2,4,6-7H2,1H3. The monoisotopic (exact) mass is 181 g/mol. The first-order chi connectivity index (χ1) is 6.31. The van der Waals surface area contributed by atoms with Crippen molar-refractivity contribution in [3.8, 4) is 0 Å². The van der Waals surface area contributed by atoms with Crippen LogP contribution in [-0.4, -0.2) is 30.2 Å². The molecule has 0 aromatic rings. The van der Waals surface area contributed by atoms with E-state index in [0.29, 0.717) is 18.6 Å². The van der Waals surface area contributed by atoms with Crippen molar-refractivity contribution >= 4 is 6.09 Å². The third-order valence-corrected chi connectivity index (χ3v) is 2.77. The summed E-state index contributed by atoms with van der Waals surface area (Å²) in [4.78, 5) is 13.3. The van der Waals surface area contributed by atoms with Crippen LogP contribution in [0.3, 0.4) is 0 Å². The van der Waals surface area contributed by atoms with E-state index < -0.39 is 0 Å². The number of hydrogen-bond donors (Lipinski definition) is 0. The Bertz CT molecular complexity index is 237. The van der Waals surface area contributed by atoms with Crippen LogP contribution >= 0.6 is 0 Å². The van der Waals surface area contributed by atoms with E-state index in [1.807, 2.05) is 11.8 Å². The van der Waals surface area contributed by atoms with Gasteiger partial charge in [-0.25, -0.2) is 4.79 Å². The quantitative estimate of drug-likeness (QED) is 0.577. The molecule has 0 aromatic carbocycles. The lowest BCUT2D eigenvalue weighted by atomic mass is 9.86. The molecule has 0 N–H and O–H groups in total. The SMILES string of the molecule is CCOC(=O)N1CC2C=CC1CC2. The number of rotatable bonds is 1. The lowest BCUT2D eigenvalue weighted by Gasteiger charge is -2.40. The van der Waals surface area contributed by atoms with Gasteiger partial charge in [0, 0.05) is 6.54 Å². The van der Waals surface area contributed by atoms with E-state index in [9.17, 15) is 4.79 Å². The normalized spacial score (nSPS) is 30.7. The fourth-order valence-corrected chi connectivity index (χ4v) is 2.08. The Morgan fingerprint density at radius 2 is 2.38 bits per heavy atom. The highest BCUT2D eigenvalue weighted by molar-refractivity contribution is 5.68. The second-order valence-corrected chi connectivity index (χ2v) is 3.64. The third kappa shape index (κ3) is 1.55. The van der Waals surface area contributed by atoms with Crippen LogP contribution in [-0.2, 0) is 4.74 Å². The fraction of sp³-hybridized carbons (Fsp3) is 0.700. The molecular formula is C10H15NO2. The van der Waals surface area contributed by atoms with Crippen LogP contribution in [0.2, 0.25) is 0 Å². The Hall–Kier alpha value is -0.990. The zero-order valence-corrected chi connectivity index (χ0v) is 7.90. The Morgan fingerprint density at radius 3 is 2.85 bits per heavy atom. The molecular weight excluding hydrogens is 166 g/mol. The molecule has 1 amide bonds. The highest BCUT2D eigenvalue weighted by Gasteiger charge is 2.33. The molecule has 72 valence electrons. The van der Waals surface area contributed by atoms with Crippen molar-refractivity contribution < 1.29 is 9.53 Å². The second kappa shape index (κ2) is 3.40. The molecule has 2 unspecified atom stereocenters. The largest absolute Gasteiger partial charge is 0.450 e. The number of amides is 1. The van der Waals surface area contributed by atoms with Crippen molar-refractivity contribution in [1.82, 2.24) is 4.90 Å². The average Bonchev–Trinajstić information content (AvgIpc) is 2.20. The molecule has 2 heterocycles. The van der Waals surface area contributed by atoms with Crippen molar-refractivity contribution in [2.24, 2.45) is 5.92 Å². The molecule has 3 heteroatoms. The molecule has 3 aliphatic rings. The van der Waals surface area contributed by atoms with Gasteiger partial charge in [-0.3, -0.25) is 0 Å². The van der Waals surface area contributed by atoms with Crippen molar-refractivity contribution in [2.75, 3.05) is 13.2 Å². The minimum Gasteiger partial charge on any atom is -0.450 e. The minimum absolute atomic E-state index is 0.151. The summed E-state index contributed by atoms with van der Waals surface area (Å²) in [6, 6.07) is 0.295. The van der Waals surface area contributed by atoms with Gasteiger partial charge in [-0.2, -0.15) is 0 Å². The van der Waals surface area contributed by atoms with Gasteiger partial charge in [0.1, 0.15) is 0 Å². The average molecular weight is 181 g/mol.